The Morgan fingerprint density at radius 2 is 1.88 bits per heavy atom. The van der Waals surface area contributed by atoms with Crippen molar-refractivity contribution in [1.82, 2.24) is 19.7 Å². The molecule has 2 fully saturated rings. The van der Waals surface area contributed by atoms with Gasteiger partial charge in [0.1, 0.15) is 5.82 Å². The summed E-state index contributed by atoms with van der Waals surface area (Å²) in [5.74, 6) is -0.481. The standard InChI is InChI=1S/C31H36F3N7O2/c1-19(36)26-24(11-14-35)27(30(2)13-4-16-40(18-30)29(43)21-5-3-6-21)39-41(26)23-9-7-20(8-10-23)28(42)38-25-17-22(12-15-37-25)31(32,33)34/h7-12,14-15,17,19,21H,3-6,13,16,18,35-36H2,1-2H3,(H,37,38,42)/b14-11-. The molecule has 0 bridgehead atoms. The third-order valence-electron chi connectivity index (χ3n) is 8.39. The van der Waals surface area contributed by atoms with Gasteiger partial charge < -0.3 is 21.7 Å². The highest BCUT2D eigenvalue weighted by Crippen LogP contribution is 2.40. The molecule has 5 N–H and O–H groups in total. The molecule has 228 valence electrons. The number of aromatic nitrogens is 3. The molecule has 1 aromatic carbocycles. The van der Waals surface area contributed by atoms with Crippen molar-refractivity contribution in [2.24, 2.45) is 17.4 Å². The number of likely N-dealkylation sites (tertiary alicyclic amines) is 1. The normalized spacial score (nSPS) is 20.2. The van der Waals surface area contributed by atoms with Gasteiger partial charge in [0.25, 0.3) is 5.91 Å². The van der Waals surface area contributed by atoms with E-state index in [1.165, 1.54) is 6.20 Å². The smallest absolute Gasteiger partial charge is 0.405 e. The van der Waals surface area contributed by atoms with Crippen LogP contribution >= 0.6 is 0 Å². The Balaban J connectivity index is 1.44. The van der Waals surface area contributed by atoms with Gasteiger partial charge in [0.2, 0.25) is 5.91 Å². The Kier molecular flexibility index (Phi) is 8.33. The van der Waals surface area contributed by atoms with Crippen LogP contribution in [0.1, 0.15) is 84.9 Å². The Labute approximate surface area is 248 Å². The van der Waals surface area contributed by atoms with Gasteiger partial charge in [-0.3, -0.25) is 9.59 Å². The van der Waals surface area contributed by atoms with Gasteiger partial charge in [-0.2, -0.15) is 18.3 Å². The molecule has 3 heterocycles. The van der Waals surface area contributed by atoms with Gasteiger partial charge in [-0.15, -0.1) is 0 Å². The molecule has 5 rings (SSSR count). The maximum absolute atomic E-state index is 13.1. The lowest BCUT2D eigenvalue weighted by atomic mass is 9.76. The zero-order valence-electron chi connectivity index (χ0n) is 24.2. The van der Waals surface area contributed by atoms with Crippen molar-refractivity contribution in [1.29, 1.82) is 0 Å². The third-order valence-corrected chi connectivity index (χ3v) is 8.39. The van der Waals surface area contributed by atoms with E-state index in [4.69, 9.17) is 16.6 Å². The van der Waals surface area contributed by atoms with Crippen LogP contribution in [0, 0.1) is 5.92 Å². The van der Waals surface area contributed by atoms with E-state index in [1.54, 1.807) is 35.0 Å². The Morgan fingerprint density at radius 1 is 1.16 bits per heavy atom. The topological polar surface area (TPSA) is 132 Å². The molecule has 12 heteroatoms. The summed E-state index contributed by atoms with van der Waals surface area (Å²) in [5, 5.41) is 7.46. The van der Waals surface area contributed by atoms with Crippen LogP contribution in [0.4, 0.5) is 19.0 Å². The minimum absolute atomic E-state index is 0.114. The lowest BCUT2D eigenvalue weighted by molar-refractivity contribution is -0.140. The van der Waals surface area contributed by atoms with Crippen LogP contribution in [0.2, 0.25) is 0 Å². The molecule has 0 radical (unpaired) electrons. The van der Waals surface area contributed by atoms with E-state index in [1.807, 2.05) is 11.8 Å². The number of piperidine rings is 1. The lowest BCUT2D eigenvalue weighted by Gasteiger charge is -2.42. The number of hydrogen-bond donors (Lipinski definition) is 3. The van der Waals surface area contributed by atoms with Gasteiger partial charge >= 0.3 is 6.18 Å². The minimum Gasteiger partial charge on any atom is -0.405 e. The van der Waals surface area contributed by atoms with Crippen molar-refractivity contribution in [2.75, 3.05) is 18.4 Å². The second-order valence-electron chi connectivity index (χ2n) is 11.7. The average molecular weight is 596 g/mol. The fourth-order valence-corrected chi connectivity index (χ4v) is 5.94. The summed E-state index contributed by atoms with van der Waals surface area (Å²) in [6, 6.07) is 7.71. The third kappa shape index (κ3) is 6.15. The van der Waals surface area contributed by atoms with Crippen LogP contribution in [0.15, 0.2) is 48.8 Å². The number of nitrogens with zero attached hydrogens (tertiary/aromatic N) is 4. The monoisotopic (exact) mass is 595 g/mol. The molecule has 0 spiro atoms. The molecule has 3 aromatic rings. The summed E-state index contributed by atoms with van der Waals surface area (Å²) in [6.07, 6.45) is 4.36. The largest absolute Gasteiger partial charge is 0.416 e. The number of rotatable bonds is 7. The van der Waals surface area contributed by atoms with Crippen LogP contribution < -0.4 is 16.8 Å². The number of nitrogens with one attached hydrogen (secondary N) is 1. The number of carbonyl (C=O) groups is 2. The summed E-state index contributed by atoms with van der Waals surface area (Å²) in [4.78, 5) is 31.8. The number of hydrogen-bond acceptors (Lipinski definition) is 6. The van der Waals surface area contributed by atoms with Gasteiger partial charge in [-0.25, -0.2) is 9.67 Å². The second kappa shape index (κ2) is 11.8. The average Bonchev–Trinajstić information content (AvgIpc) is 3.32. The molecule has 2 aliphatic rings. The molecular formula is C31H36F3N7O2. The van der Waals surface area contributed by atoms with Crippen molar-refractivity contribution in [2.45, 2.75) is 63.6 Å². The fourth-order valence-electron chi connectivity index (χ4n) is 5.94. The van der Waals surface area contributed by atoms with E-state index >= 15 is 0 Å². The molecule has 1 aliphatic heterocycles. The van der Waals surface area contributed by atoms with Gasteiger partial charge in [-0.05, 0) is 81.3 Å². The lowest BCUT2D eigenvalue weighted by Crippen LogP contribution is -2.50. The first kappa shape index (κ1) is 30.3. The molecule has 43 heavy (non-hydrogen) atoms. The molecule has 1 saturated heterocycles. The molecular weight excluding hydrogens is 559 g/mol. The van der Waals surface area contributed by atoms with Gasteiger partial charge in [-0.1, -0.05) is 13.3 Å². The van der Waals surface area contributed by atoms with Crippen molar-refractivity contribution in [3.05, 3.63) is 76.9 Å². The molecule has 2 unspecified atom stereocenters. The van der Waals surface area contributed by atoms with Gasteiger partial charge in [0.05, 0.1) is 22.6 Å². The van der Waals surface area contributed by atoms with Crippen LogP contribution in [0.25, 0.3) is 11.8 Å². The number of anilines is 1. The first-order valence-electron chi connectivity index (χ1n) is 14.4. The first-order chi connectivity index (χ1) is 20.4. The molecule has 1 aliphatic carbocycles. The summed E-state index contributed by atoms with van der Waals surface area (Å²) in [5.41, 5.74) is 14.2. The summed E-state index contributed by atoms with van der Waals surface area (Å²) in [7, 11) is 0. The van der Waals surface area contributed by atoms with Crippen molar-refractivity contribution in [3.63, 3.8) is 0 Å². The highest BCUT2D eigenvalue weighted by atomic mass is 19.4. The number of amides is 2. The van der Waals surface area contributed by atoms with Crippen molar-refractivity contribution in [3.8, 4) is 5.69 Å². The highest BCUT2D eigenvalue weighted by Gasteiger charge is 2.41. The molecule has 2 amide bonds. The first-order valence-corrected chi connectivity index (χ1v) is 14.4. The molecule has 2 atom stereocenters. The number of nitrogens with two attached hydrogens (primary N) is 2. The highest BCUT2D eigenvalue weighted by molar-refractivity contribution is 6.03. The maximum atomic E-state index is 13.1. The van der Waals surface area contributed by atoms with Crippen molar-refractivity contribution >= 4 is 23.7 Å². The van der Waals surface area contributed by atoms with Crippen LogP contribution in [-0.4, -0.2) is 44.6 Å². The van der Waals surface area contributed by atoms with E-state index < -0.39 is 29.1 Å². The summed E-state index contributed by atoms with van der Waals surface area (Å²) >= 11 is 0. The molecule has 9 nitrogen and oxygen atoms in total. The number of halogens is 3. The number of pyridine rings is 1. The van der Waals surface area contributed by atoms with Crippen LogP contribution in [0.3, 0.4) is 0 Å². The summed E-state index contributed by atoms with van der Waals surface area (Å²) < 4.78 is 40.9. The number of benzene rings is 1. The summed E-state index contributed by atoms with van der Waals surface area (Å²) in [6.45, 7) is 5.25. The van der Waals surface area contributed by atoms with E-state index in [0.717, 1.165) is 73.9 Å². The SMILES string of the molecule is CC(N)c1c(/C=C\N)c(C2(C)CCCN(C(=O)C3CCC3)C2)nn1-c1ccc(C(=O)Nc2cc(C(F)(F)F)ccn2)cc1. The number of carbonyl (C=O) groups excluding carboxylic acids is 2. The van der Waals surface area contributed by atoms with E-state index in [-0.39, 0.29) is 23.2 Å². The van der Waals surface area contributed by atoms with Gasteiger partial charge in [0, 0.05) is 47.8 Å². The van der Waals surface area contributed by atoms with Crippen LogP contribution in [0.5, 0.6) is 0 Å². The second-order valence-corrected chi connectivity index (χ2v) is 11.7. The number of alkyl halides is 3. The molecule has 2 aromatic heterocycles. The Bertz CT molecular complexity index is 1530. The van der Waals surface area contributed by atoms with Crippen LogP contribution in [-0.2, 0) is 16.4 Å². The maximum Gasteiger partial charge on any atom is 0.416 e. The quantitative estimate of drug-likeness (QED) is 0.345. The zero-order valence-corrected chi connectivity index (χ0v) is 24.2. The Morgan fingerprint density at radius 3 is 2.49 bits per heavy atom. The van der Waals surface area contributed by atoms with Gasteiger partial charge in [0.15, 0.2) is 0 Å². The predicted octanol–water partition coefficient (Wildman–Crippen LogP) is 5.17. The fraction of sp³-hybridized carbons (Fsp3) is 0.419. The van der Waals surface area contributed by atoms with E-state index in [2.05, 4.69) is 17.2 Å². The minimum atomic E-state index is -4.55. The Hall–Kier alpha value is -4.19. The van der Waals surface area contributed by atoms with E-state index in [0.29, 0.717) is 12.2 Å². The predicted molar refractivity (Wildman–Crippen MR) is 157 cm³/mol. The zero-order chi connectivity index (χ0) is 30.9. The van der Waals surface area contributed by atoms with Crippen molar-refractivity contribution < 1.29 is 22.8 Å². The molecule has 1 saturated carbocycles. The van der Waals surface area contributed by atoms with E-state index in [9.17, 15) is 22.8 Å².